The first-order valence-electron chi connectivity index (χ1n) is 5.99. The molecule has 1 N–H and O–H groups in total. The van der Waals surface area contributed by atoms with Crippen LogP contribution in [0.4, 0.5) is 0 Å². The number of nitrogens with one attached hydrogen (secondary N) is 1. The van der Waals surface area contributed by atoms with Crippen LogP contribution >= 0.6 is 0 Å². The molecule has 0 saturated heterocycles. The summed E-state index contributed by atoms with van der Waals surface area (Å²) in [6, 6.07) is 3.32. The number of aryl methyl sites for hydroxylation is 2. The second-order valence-electron chi connectivity index (χ2n) is 4.52. The monoisotopic (exact) mass is 271 g/mol. The molecule has 0 spiro atoms. The van der Waals surface area contributed by atoms with Gasteiger partial charge >= 0.3 is 0 Å². The zero-order valence-electron chi connectivity index (χ0n) is 11.6. The minimum atomic E-state index is -3.48. The summed E-state index contributed by atoms with van der Waals surface area (Å²) < 4.78 is 32.3. The molecule has 1 unspecified atom stereocenters. The van der Waals surface area contributed by atoms with Crippen LogP contribution in [0.3, 0.4) is 0 Å². The lowest BCUT2D eigenvalue weighted by atomic mass is 10.1. The molecule has 0 aliphatic rings. The molecule has 5 heteroatoms. The Balaban J connectivity index is 3.24. The van der Waals surface area contributed by atoms with Crippen LogP contribution in [0.25, 0.3) is 0 Å². The van der Waals surface area contributed by atoms with E-state index < -0.39 is 10.0 Å². The minimum absolute atomic E-state index is 0.0818. The smallest absolute Gasteiger partial charge is 0.241 e. The number of hydrogen-bond acceptors (Lipinski definition) is 3. The van der Waals surface area contributed by atoms with Crippen LogP contribution in [0.5, 0.6) is 5.75 Å². The van der Waals surface area contributed by atoms with E-state index in [1.807, 2.05) is 26.8 Å². The predicted octanol–water partition coefficient (Wildman–Crippen LogP) is 2.39. The molecule has 0 amide bonds. The van der Waals surface area contributed by atoms with Crippen molar-refractivity contribution in [3.63, 3.8) is 0 Å². The molecule has 102 valence electrons. The van der Waals surface area contributed by atoms with E-state index in [-0.39, 0.29) is 10.9 Å². The maximum Gasteiger partial charge on any atom is 0.241 e. The highest BCUT2D eigenvalue weighted by Gasteiger charge is 2.20. The lowest BCUT2D eigenvalue weighted by Gasteiger charge is -2.15. The third kappa shape index (κ3) is 3.23. The second-order valence-corrected chi connectivity index (χ2v) is 6.20. The molecular weight excluding hydrogens is 250 g/mol. The van der Waals surface area contributed by atoms with Crippen LogP contribution in [0.2, 0.25) is 0 Å². The average Bonchev–Trinajstić information content (AvgIpc) is 2.28. The normalized spacial score (nSPS) is 13.4. The van der Waals surface area contributed by atoms with E-state index >= 15 is 0 Å². The summed E-state index contributed by atoms with van der Waals surface area (Å²) in [5.41, 5.74) is 1.65. The topological polar surface area (TPSA) is 55.4 Å². The third-order valence-electron chi connectivity index (χ3n) is 2.95. The molecule has 0 aliphatic heterocycles. The molecule has 18 heavy (non-hydrogen) atoms. The largest absolute Gasteiger partial charge is 0.496 e. The highest BCUT2D eigenvalue weighted by Crippen LogP contribution is 2.25. The van der Waals surface area contributed by atoms with Crippen molar-refractivity contribution in [2.75, 3.05) is 7.11 Å². The Morgan fingerprint density at radius 3 is 2.39 bits per heavy atom. The molecule has 0 fully saturated rings. The van der Waals surface area contributed by atoms with Crippen LogP contribution in [-0.4, -0.2) is 21.6 Å². The molecule has 0 radical (unpaired) electrons. The van der Waals surface area contributed by atoms with Crippen molar-refractivity contribution in [1.29, 1.82) is 0 Å². The molecule has 0 heterocycles. The lowest BCUT2D eigenvalue weighted by Crippen LogP contribution is -2.32. The van der Waals surface area contributed by atoms with Crippen molar-refractivity contribution >= 4 is 10.0 Å². The summed E-state index contributed by atoms with van der Waals surface area (Å²) in [6.07, 6.45) is 0.751. The Labute approximate surface area is 109 Å². The first-order chi connectivity index (χ1) is 8.31. The zero-order valence-corrected chi connectivity index (χ0v) is 12.4. The van der Waals surface area contributed by atoms with Crippen LogP contribution in [-0.2, 0) is 10.0 Å². The van der Waals surface area contributed by atoms with Gasteiger partial charge in [-0.3, -0.25) is 0 Å². The molecule has 1 atom stereocenters. The second kappa shape index (κ2) is 5.71. The first kappa shape index (κ1) is 15.0. The number of benzene rings is 1. The molecule has 4 nitrogen and oxygen atoms in total. The van der Waals surface area contributed by atoms with Crippen molar-refractivity contribution in [1.82, 2.24) is 4.72 Å². The predicted molar refractivity (Wildman–Crippen MR) is 72.5 cm³/mol. The van der Waals surface area contributed by atoms with Gasteiger partial charge in [0.2, 0.25) is 10.0 Å². The molecule has 1 aromatic rings. The van der Waals surface area contributed by atoms with Crippen LogP contribution in [0, 0.1) is 13.8 Å². The fraction of sp³-hybridized carbons (Fsp3) is 0.538. The van der Waals surface area contributed by atoms with Crippen molar-refractivity contribution < 1.29 is 13.2 Å². The number of hydrogen-bond donors (Lipinski definition) is 1. The van der Waals surface area contributed by atoms with Crippen LogP contribution in [0.15, 0.2) is 17.0 Å². The summed E-state index contributed by atoms with van der Waals surface area (Å²) >= 11 is 0. The van der Waals surface area contributed by atoms with Gasteiger partial charge < -0.3 is 4.74 Å². The zero-order chi connectivity index (χ0) is 13.9. The quantitative estimate of drug-likeness (QED) is 0.894. The number of sulfonamides is 1. The molecule has 1 aromatic carbocycles. The summed E-state index contributed by atoms with van der Waals surface area (Å²) in [5.74, 6) is 0.588. The van der Waals surface area contributed by atoms with Gasteiger partial charge in [0.15, 0.2) is 0 Å². The average molecular weight is 271 g/mol. The van der Waals surface area contributed by atoms with Crippen LogP contribution in [0.1, 0.15) is 31.4 Å². The van der Waals surface area contributed by atoms with Gasteiger partial charge in [-0.15, -0.1) is 0 Å². The Morgan fingerprint density at radius 1 is 1.28 bits per heavy atom. The Bertz CT molecular complexity index is 523. The van der Waals surface area contributed by atoms with E-state index in [0.717, 1.165) is 17.5 Å². The molecule has 0 bridgehead atoms. The SMILES string of the molecule is CCC(C)NS(=O)(=O)c1cc(OC)c(C)cc1C. The van der Waals surface area contributed by atoms with Crippen molar-refractivity contribution in [2.45, 2.75) is 45.1 Å². The Morgan fingerprint density at radius 2 is 1.89 bits per heavy atom. The third-order valence-corrected chi connectivity index (χ3v) is 4.68. The van der Waals surface area contributed by atoms with Gasteiger partial charge in [-0.05, 0) is 38.3 Å². The summed E-state index contributed by atoms with van der Waals surface area (Å²) in [5, 5.41) is 0. The Hall–Kier alpha value is -1.07. The fourth-order valence-corrected chi connectivity index (χ4v) is 3.30. The van der Waals surface area contributed by atoms with Crippen molar-refractivity contribution in [3.05, 3.63) is 23.3 Å². The summed E-state index contributed by atoms with van der Waals surface area (Å²) in [7, 11) is -1.94. The standard InChI is InChI=1S/C13H21NO3S/c1-6-11(4)14-18(15,16)13-8-12(17-5)9(2)7-10(13)3/h7-8,11,14H,6H2,1-5H3. The maximum absolute atomic E-state index is 12.2. The molecule has 0 aliphatic carbocycles. The Kier molecular flexibility index (Phi) is 4.76. The van der Waals surface area contributed by atoms with E-state index in [1.165, 1.54) is 7.11 Å². The van der Waals surface area contributed by atoms with Gasteiger partial charge in [-0.1, -0.05) is 13.0 Å². The number of ether oxygens (including phenoxy) is 1. The van der Waals surface area contributed by atoms with E-state index in [9.17, 15) is 8.42 Å². The van der Waals surface area contributed by atoms with Gasteiger partial charge in [0.05, 0.1) is 12.0 Å². The van der Waals surface area contributed by atoms with Gasteiger partial charge in [-0.2, -0.15) is 0 Å². The van der Waals surface area contributed by atoms with Gasteiger partial charge in [-0.25, -0.2) is 13.1 Å². The minimum Gasteiger partial charge on any atom is -0.496 e. The fourth-order valence-electron chi connectivity index (χ4n) is 1.73. The van der Waals surface area contributed by atoms with Crippen molar-refractivity contribution in [3.8, 4) is 5.75 Å². The van der Waals surface area contributed by atoms with E-state index in [2.05, 4.69) is 4.72 Å². The highest BCUT2D eigenvalue weighted by atomic mass is 32.2. The number of rotatable bonds is 5. The van der Waals surface area contributed by atoms with Crippen molar-refractivity contribution in [2.24, 2.45) is 0 Å². The van der Waals surface area contributed by atoms with E-state index in [4.69, 9.17) is 4.74 Å². The van der Waals surface area contributed by atoms with E-state index in [1.54, 1.807) is 13.0 Å². The van der Waals surface area contributed by atoms with Gasteiger partial charge in [0.25, 0.3) is 0 Å². The van der Waals surface area contributed by atoms with E-state index in [0.29, 0.717) is 5.75 Å². The molecule has 1 rings (SSSR count). The maximum atomic E-state index is 12.2. The number of methoxy groups -OCH3 is 1. The lowest BCUT2D eigenvalue weighted by molar-refractivity contribution is 0.410. The molecule has 0 saturated carbocycles. The van der Waals surface area contributed by atoms with Crippen LogP contribution < -0.4 is 9.46 Å². The summed E-state index contributed by atoms with van der Waals surface area (Å²) in [4.78, 5) is 0.283. The molecule has 0 aromatic heterocycles. The highest BCUT2D eigenvalue weighted by molar-refractivity contribution is 7.89. The van der Waals surface area contributed by atoms with Gasteiger partial charge in [0.1, 0.15) is 5.75 Å². The van der Waals surface area contributed by atoms with Gasteiger partial charge in [0, 0.05) is 12.1 Å². The first-order valence-corrected chi connectivity index (χ1v) is 7.47. The summed E-state index contributed by atoms with van der Waals surface area (Å²) in [6.45, 7) is 7.47. The molecular formula is C13H21NO3S.